The summed E-state index contributed by atoms with van der Waals surface area (Å²) in [6.45, 7) is 10.5. The minimum absolute atomic E-state index is 0.237. The van der Waals surface area contributed by atoms with Gasteiger partial charge in [-0.3, -0.25) is 9.78 Å². The Morgan fingerprint density at radius 3 is 1.36 bits per heavy atom. The van der Waals surface area contributed by atoms with Crippen LogP contribution in [0.2, 0.25) is 0 Å². The third-order valence-corrected chi connectivity index (χ3v) is 2.96. The van der Waals surface area contributed by atoms with Crippen LogP contribution in [-0.4, -0.2) is 54.6 Å². The summed E-state index contributed by atoms with van der Waals surface area (Å²) in [5.74, 6) is 0. The first kappa shape index (κ1) is 25.7. The lowest BCUT2D eigenvalue weighted by molar-refractivity contribution is -0.315. The molecular weight excluding hydrogens is 380 g/mol. The minimum atomic E-state index is -1.53. The zero-order valence-electron chi connectivity index (χ0n) is 17.4. The fourth-order valence-corrected chi connectivity index (χ4v) is 1.44. The molecule has 0 amide bonds. The van der Waals surface area contributed by atoms with E-state index in [9.17, 15) is 14.4 Å². The summed E-state index contributed by atoms with van der Waals surface area (Å²) in [5, 5.41) is 8.75. The number of hydrogen-bond acceptors (Lipinski definition) is 10. The Morgan fingerprint density at radius 2 is 1.07 bits per heavy atom. The summed E-state index contributed by atoms with van der Waals surface area (Å²) in [7, 11) is 0. The van der Waals surface area contributed by atoms with E-state index in [4.69, 9.17) is 24.4 Å². The minimum Gasteiger partial charge on any atom is -0.450 e. The van der Waals surface area contributed by atoms with Crippen molar-refractivity contribution in [1.82, 2.24) is 0 Å². The predicted molar refractivity (Wildman–Crippen MR) is 93.2 cm³/mol. The number of ether oxygens (including phenoxy) is 3. The molecule has 0 aliphatic carbocycles. The van der Waals surface area contributed by atoms with E-state index in [0.29, 0.717) is 0 Å². The highest BCUT2D eigenvalue weighted by Crippen LogP contribution is 2.25. The maximum Gasteiger partial charge on any atom is 0.540 e. The number of hydrogen-bond donors (Lipinski definition) is 1. The molecule has 0 spiro atoms. The highest BCUT2D eigenvalue weighted by molar-refractivity contribution is 5.60. The molecule has 0 aliphatic rings. The van der Waals surface area contributed by atoms with Gasteiger partial charge >= 0.3 is 18.5 Å². The average Bonchev–Trinajstić information content (AvgIpc) is 2.56. The van der Waals surface area contributed by atoms with E-state index in [1.807, 2.05) is 0 Å². The second kappa shape index (κ2) is 10.9. The van der Waals surface area contributed by atoms with Crippen molar-refractivity contribution in [2.75, 3.05) is 19.8 Å². The van der Waals surface area contributed by atoms with Crippen molar-refractivity contribution >= 4 is 18.5 Å². The van der Waals surface area contributed by atoms with Crippen LogP contribution >= 0.6 is 0 Å². The fraction of sp³-hybridized carbons (Fsp3) is 0.824. The van der Waals surface area contributed by atoms with Crippen molar-refractivity contribution in [1.29, 1.82) is 0 Å². The summed E-state index contributed by atoms with van der Waals surface area (Å²) < 4.78 is 14.5. The summed E-state index contributed by atoms with van der Waals surface area (Å²) >= 11 is 0. The standard InChI is InChI=1S/C17H30O11/c1-8-17(9-22-12(18)19,10-23-13(20)25-27-15(2,3)4)11-24-14(21)26-28-16(5,6)7/h8-11H2,1-7H3,(H,18,19). The molecule has 11 nitrogen and oxygen atoms in total. The van der Waals surface area contributed by atoms with Crippen LogP contribution in [0.25, 0.3) is 0 Å². The van der Waals surface area contributed by atoms with Crippen molar-refractivity contribution in [3.05, 3.63) is 0 Å². The van der Waals surface area contributed by atoms with E-state index in [-0.39, 0.29) is 19.6 Å². The van der Waals surface area contributed by atoms with Gasteiger partial charge in [0.15, 0.2) is 0 Å². The van der Waals surface area contributed by atoms with E-state index in [1.54, 1.807) is 48.5 Å². The molecule has 0 rings (SSSR count). The van der Waals surface area contributed by atoms with Crippen LogP contribution in [0.1, 0.15) is 54.9 Å². The number of carboxylic acid groups (broad SMARTS) is 1. The fourth-order valence-electron chi connectivity index (χ4n) is 1.44. The molecule has 0 heterocycles. The molecule has 0 atom stereocenters. The topological polar surface area (TPSA) is 136 Å². The van der Waals surface area contributed by atoms with Crippen molar-refractivity contribution in [3.63, 3.8) is 0 Å². The highest BCUT2D eigenvalue weighted by atomic mass is 17.2. The van der Waals surface area contributed by atoms with Crippen LogP contribution in [0.15, 0.2) is 0 Å². The summed E-state index contributed by atoms with van der Waals surface area (Å²) in [6, 6.07) is 0. The van der Waals surface area contributed by atoms with Crippen molar-refractivity contribution in [2.24, 2.45) is 5.41 Å². The lowest BCUT2D eigenvalue weighted by Gasteiger charge is -2.30. The SMILES string of the molecule is CCC(COC(=O)O)(COC(=O)OOC(C)(C)C)COC(=O)OOC(C)(C)C. The summed E-state index contributed by atoms with van der Waals surface area (Å²) in [4.78, 5) is 52.7. The van der Waals surface area contributed by atoms with Crippen LogP contribution in [0, 0.1) is 5.41 Å². The first-order valence-electron chi connectivity index (χ1n) is 8.59. The zero-order chi connectivity index (χ0) is 22.0. The molecule has 1 N–H and O–H groups in total. The maximum absolute atomic E-state index is 11.7. The quantitative estimate of drug-likeness (QED) is 0.257. The Morgan fingerprint density at radius 1 is 0.714 bits per heavy atom. The van der Waals surface area contributed by atoms with Gasteiger partial charge in [-0.2, -0.15) is 9.78 Å². The van der Waals surface area contributed by atoms with E-state index in [1.165, 1.54) is 0 Å². The molecule has 0 saturated carbocycles. The van der Waals surface area contributed by atoms with E-state index in [2.05, 4.69) is 14.5 Å². The van der Waals surface area contributed by atoms with Gasteiger partial charge in [0.1, 0.15) is 31.0 Å². The number of carbonyl (C=O) groups is 3. The maximum atomic E-state index is 11.7. The summed E-state index contributed by atoms with van der Waals surface area (Å²) in [5.41, 5.74) is -2.65. The van der Waals surface area contributed by atoms with Crippen LogP contribution in [0.3, 0.4) is 0 Å². The van der Waals surface area contributed by atoms with Gasteiger partial charge in [-0.05, 0) is 48.0 Å². The molecule has 0 saturated heterocycles. The van der Waals surface area contributed by atoms with Gasteiger partial charge in [0.05, 0.1) is 5.41 Å². The van der Waals surface area contributed by atoms with Gasteiger partial charge in [0.2, 0.25) is 0 Å². The Bertz CT molecular complexity index is 482. The lowest BCUT2D eigenvalue weighted by Crippen LogP contribution is -2.39. The molecule has 0 aliphatic heterocycles. The van der Waals surface area contributed by atoms with Gasteiger partial charge < -0.3 is 19.3 Å². The van der Waals surface area contributed by atoms with Gasteiger partial charge in [-0.1, -0.05) is 6.92 Å². The molecule has 164 valence electrons. The van der Waals surface area contributed by atoms with Gasteiger partial charge in [-0.15, -0.1) is 0 Å². The molecule has 0 aromatic carbocycles. The molecule has 0 unspecified atom stereocenters. The molecular formula is C17H30O11. The summed E-state index contributed by atoms with van der Waals surface area (Å²) in [6.07, 6.45) is -3.57. The molecule has 28 heavy (non-hydrogen) atoms. The van der Waals surface area contributed by atoms with Crippen LogP contribution in [0.5, 0.6) is 0 Å². The normalized spacial score (nSPS) is 12.1. The Balaban J connectivity index is 4.84. The average molecular weight is 410 g/mol. The Kier molecular flexibility index (Phi) is 10.0. The Hall–Kier alpha value is -2.27. The Labute approximate surface area is 164 Å². The van der Waals surface area contributed by atoms with Crippen LogP contribution in [0.4, 0.5) is 14.4 Å². The monoisotopic (exact) mass is 410 g/mol. The van der Waals surface area contributed by atoms with Crippen molar-refractivity contribution in [3.8, 4) is 0 Å². The van der Waals surface area contributed by atoms with Crippen molar-refractivity contribution < 1.29 is 53.3 Å². The second-order valence-corrected chi connectivity index (χ2v) is 8.04. The molecule has 0 aromatic heterocycles. The smallest absolute Gasteiger partial charge is 0.450 e. The molecule has 0 fully saturated rings. The van der Waals surface area contributed by atoms with Crippen LogP contribution < -0.4 is 0 Å². The highest BCUT2D eigenvalue weighted by Gasteiger charge is 2.35. The van der Waals surface area contributed by atoms with Gasteiger partial charge in [-0.25, -0.2) is 14.4 Å². The van der Waals surface area contributed by atoms with Crippen LogP contribution in [-0.2, 0) is 33.8 Å². The first-order valence-corrected chi connectivity index (χ1v) is 8.59. The third-order valence-electron chi connectivity index (χ3n) is 2.96. The zero-order valence-corrected chi connectivity index (χ0v) is 17.4. The first-order chi connectivity index (χ1) is 12.7. The molecule has 11 heteroatoms. The number of carbonyl (C=O) groups excluding carboxylic acids is 2. The van der Waals surface area contributed by atoms with Gasteiger partial charge in [0, 0.05) is 0 Å². The van der Waals surface area contributed by atoms with E-state index < -0.39 is 41.7 Å². The molecule has 0 bridgehead atoms. The van der Waals surface area contributed by atoms with Gasteiger partial charge in [0.25, 0.3) is 0 Å². The van der Waals surface area contributed by atoms with Crippen molar-refractivity contribution in [2.45, 2.75) is 66.1 Å². The molecule has 0 radical (unpaired) electrons. The van der Waals surface area contributed by atoms with E-state index in [0.717, 1.165) is 0 Å². The lowest BCUT2D eigenvalue weighted by atomic mass is 9.88. The largest absolute Gasteiger partial charge is 0.540 e. The molecule has 0 aromatic rings. The van der Waals surface area contributed by atoms with E-state index >= 15 is 0 Å². The number of rotatable bonds is 9. The predicted octanol–water partition coefficient (Wildman–Crippen LogP) is 3.84. The second-order valence-electron chi connectivity index (χ2n) is 8.04. The third kappa shape index (κ3) is 13.0.